The summed E-state index contributed by atoms with van der Waals surface area (Å²) in [5, 5.41) is 11.9. The van der Waals surface area contributed by atoms with Gasteiger partial charge in [-0.2, -0.15) is 0 Å². The van der Waals surface area contributed by atoms with Crippen LogP contribution in [0.25, 0.3) is 10.6 Å². The van der Waals surface area contributed by atoms with Crippen LogP contribution in [0.2, 0.25) is 5.02 Å². The molecule has 0 bridgehead atoms. The Labute approximate surface area is 122 Å². The molecule has 0 saturated heterocycles. The van der Waals surface area contributed by atoms with Crippen molar-refractivity contribution in [3.8, 4) is 10.6 Å². The summed E-state index contributed by atoms with van der Waals surface area (Å²) in [6.07, 6.45) is 1.32. The second kappa shape index (κ2) is 4.58. The van der Waals surface area contributed by atoms with Gasteiger partial charge in [0.2, 0.25) is 0 Å². The van der Waals surface area contributed by atoms with Crippen LogP contribution in [-0.2, 0) is 6.42 Å². The number of aromatic nitrogens is 1. The summed E-state index contributed by atoms with van der Waals surface area (Å²) in [6, 6.07) is 7.72. The van der Waals surface area contributed by atoms with Crippen LogP contribution in [-0.4, -0.2) is 10.1 Å². The van der Waals surface area contributed by atoms with Crippen LogP contribution in [0.5, 0.6) is 0 Å². The van der Waals surface area contributed by atoms with Crippen LogP contribution < -0.4 is 0 Å². The van der Waals surface area contributed by atoms with E-state index < -0.39 is 6.10 Å². The molecule has 0 aliphatic heterocycles. The number of hydrogen-bond donors (Lipinski definition) is 1. The molecule has 1 heterocycles. The SMILES string of the molecule is CC1(C)Cc2nc(-c3ccccc3Cl)sc2C(O)C1. The quantitative estimate of drug-likeness (QED) is 0.841. The average molecular weight is 294 g/mol. The minimum atomic E-state index is -0.396. The summed E-state index contributed by atoms with van der Waals surface area (Å²) in [5.41, 5.74) is 2.09. The third-order valence-corrected chi connectivity index (χ3v) is 5.09. The Morgan fingerprint density at radius 2 is 2.11 bits per heavy atom. The Hall–Kier alpha value is -0.900. The maximum Gasteiger partial charge on any atom is 0.125 e. The van der Waals surface area contributed by atoms with Crippen molar-refractivity contribution in [3.63, 3.8) is 0 Å². The summed E-state index contributed by atoms with van der Waals surface area (Å²) in [5.74, 6) is 0. The zero-order valence-corrected chi connectivity index (χ0v) is 12.6. The van der Waals surface area contributed by atoms with E-state index in [2.05, 4.69) is 13.8 Å². The summed E-state index contributed by atoms with van der Waals surface area (Å²) >= 11 is 7.78. The molecule has 1 atom stereocenters. The van der Waals surface area contributed by atoms with Crippen molar-refractivity contribution >= 4 is 22.9 Å². The van der Waals surface area contributed by atoms with Crippen molar-refractivity contribution in [2.75, 3.05) is 0 Å². The molecular weight excluding hydrogens is 278 g/mol. The van der Waals surface area contributed by atoms with E-state index in [1.807, 2.05) is 24.3 Å². The first-order valence-corrected chi connectivity index (χ1v) is 7.58. The molecular formula is C15H16ClNOS. The lowest BCUT2D eigenvalue weighted by atomic mass is 9.77. The van der Waals surface area contributed by atoms with E-state index in [1.54, 1.807) is 11.3 Å². The molecule has 100 valence electrons. The van der Waals surface area contributed by atoms with Crippen molar-refractivity contribution in [1.29, 1.82) is 0 Å². The van der Waals surface area contributed by atoms with Gasteiger partial charge >= 0.3 is 0 Å². The Bertz CT molecular complexity index is 620. The maximum absolute atomic E-state index is 10.3. The van der Waals surface area contributed by atoms with Gasteiger partial charge in [0.15, 0.2) is 0 Å². The Kier molecular flexibility index (Phi) is 3.16. The summed E-state index contributed by atoms with van der Waals surface area (Å²) < 4.78 is 0. The Morgan fingerprint density at radius 3 is 2.84 bits per heavy atom. The van der Waals surface area contributed by atoms with Gasteiger partial charge in [-0.05, 0) is 24.3 Å². The Morgan fingerprint density at radius 1 is 1.37 bits per heavy atom. The average Bonchev–Trinajstić information content (AvgIpc) is 2.71. The van der Waals surface area contributed by atoms with Gasteiger partial charge in [-0.15, -0.1) is 11.3 Å². The number of nitrogens with zero attached hydrogens (tertiary/aromatic N) is 1. The number of fused-ring (bicyclic) bond motifs is 1. The van der Waals surface area contributed by atoms with Gasteiger partial charge in [0, 0.05) is 5.56 Å². The van der Waals surface area contributed by atoms with E-state index >= 15 is 0 Å². The number of halogens is 1. The lowest BCUT2D eigenvalue weighted by molar-refractivity contribution is 0.102. The van der Waals surface area contributed by atoms with E-state index in [0.717, 1.165) is 34.0 Å². The number of hydrogen-bond acceptors (Lipinski definition) is 3. The van der Waals surface area contributed by atoms with Gasteiger partial charge in [-0.3, -0.25) is 0 Å². The largest absolute Gasteiger partial charge is 0.387 e. The van der Waals surface area contributed by atoms with Crippen LogP contribution in [0.3, 0.4) is 0 Å². The zero-order chi connectivity index (χ0) is 13.6. The topological polar surface area (TPSA) is 33.1 Å². The minimum Gasteiger partial charge on any atom is -0.387 e. The number of benzene rings is 1. The molecule has 2 nitrogen and oxygen atoms in total. The number of aliphatic hydroxyl groups excluding tert-OH is 1. The molecule has 19 heavy (non-hydrogen) atoms. The highest BCUT2D eigenvalue weighted by Crippen LogP contribution is 2.45. The van der Waals surface area contributed by atoms with Crippen molar-refractivity contribution in [3.05, 3.63) is 39.9 Å². The molecule has 2 aromatic rings. The van der Waals surface area contributed by atoms with Gasteiger partial charge in [0.05, 0.1) is 21.7 Å². The number of aliphatic hydroxyl groups is 1. The number of thiazole rings is 1. The summed E-state index contributed by atoms with van der Waals surface area (Å²) in [6.45, 7) is 4.35. The molecule has 1 N–H and O–H groups in total. The lowest BCUT2D eigenvalue weighted by Gasteiger charge is -2.31. The fourth-order valence-electron chi connectivity index (χ4n) is 2.64. The normalized spacial score (nSPS) is 21.2. The van der Waals surface area contributed by atoms with Crippen molar-refractivity contribution in [2.24, 2.45) is 5.41 Å². The second-order valence-electron chi connectivity index (χ2n) is 5.87. The highest BCUT2D eigenvalue weighted by Gasteiger charge is 2.34. The van der Waals surface area contributed by atoms with E-state index in [-0.39, 0.29) is 5.41 Å². The molecule has 0 fully saturated rings. The molecule has 1 aliphatic rings. The molecule has 0 radical (unpaired) electrons. The van der Waals surface area contributed by atoms with E-state index in [1.165, 1.54) is 0 Å². The summed E-state index contributed by atoms with van der Waals surface area (Å²) in [7, 11) is 0. The van der Waals surface area contributed by atoms with Crippen molar-refractivity contribution in [2.45, 2.75) is 32.8 Å². The smallest absolute Gasteiger partial charge is 0.125 e. The molecule has 1 aromatic carbocycles. The van der Waals surface area contributed by atoms with Crippen LogP contribution in [0.15, 0.2) is 24.3 Å². The van der Waals surface area contributed by atoms with Crippen molar-refractivity contribution in [1.82, 2.24) is 4.98 Å². The van der Waals surface area contributed by atoms with E-state index in [9.17, 15) is 5.11 Å². The highest BCUT2D eigenvalue weighted by molar-refractivity contribution is 7.15. The van der Waals surface area contributed by atoms with Gasteiger partial charge < -0.3 is 5.11 Å². The van der Waals surface area contributed by atoms with Gasteiger partial charge in [-0.1, -0.05) is 43.6 Å². The molecule has 0 saturated carbocycles. The molecule has 0 amide bonds. The lowest BCUT2D eigenvalue weighted by Crippen LogP contribution is -2.24. The first kappa shape index (κ1) is 13.1. The Balaban J connectivity index is 2.07. The first-order valence-electron chi connectivity index (χ1n) is 6.39. The zero-order valence-electron chi connectivity index (χ0n) is 11.0. The fraction of sp³-hybridized carbons (Fsp3) is 0.400. The van der Waals surface area contributed by atoms with Gasteiger partial charge in [0.1, 0.15) is 5.01 Å². The molecule has 4 heteroatoms. The van der Waals surface area contributed by atoms with Crippen LogP contribution in [0.4, 0.5) is 0 Å². The predicted octanol–water partition coefficient (Wildman–Crippen LogP) is 4.47. The monoisotopic (exact) mass is 293 g/mol. The van der Waals surface area contributed by atoms with E-state index in [4.69, 9.17) is 16.6 Å². The molecule has 1 aromatic heterocycles. The first-order chi connectivity index (χ1) is 8.96. The van der Waals surface area contributed by atoms with Crippen LogP contribution >= 0.6 is 22.9 Å². The van der Waals surface area contributed by atoms with E-state index in [0.29, 0.717) is 5.02 Å². The number of rotatable bonds is 1. The maximum atomic E-state index is 10.3. The second-order valence-corrected chi connectivity index (χ2v) is 7.31. The highest BCUT2D eigenvalue weighted by atomic mass is 35.5. The van der Waals surface area contributed by atoms with Crippen molar-refractivity contribution < 1.29 is 5.11 Å². The van der Waals surface area contributed by atoms with Gasteiger partial charge in [0.25, 0.3) is 0 Å². The van der Waals surface area contributed by atoms with Crippen LogP contribution in [0.1, 0.15) is 36.9 Å². The standard InChI is InChI=1S/C15H16ClNOS/c1-15(2)7-11-13(12(18)8-15)19-14(17-11)9-5-3-4-6-10(9)16/h3-6,12,18H,7-8H2,1-2H3. The van der Waals surface area contributed by atoms with Crippen LogP contribution in [0, 0.1) is 5.41 Å². The fourth-order valence-corrected chi connectivity index (χ4v) is 4.03. The summed E-state index contributed by atoms with van der Waals surface area (Å²) in [4.78, 5) is 5.71. The predicted molar refractivity (Wildman–Crippen MR) is 79.6 cm³/mol. The molecule has 1 unspecified atom stereocenters. The minimum absolute atomic E-state index is 0.109. The third kappa shape index (κ3) is 2.42. The molecule has 1 aliphatic carbocycles. The molecule has 0 spiro atoms. The third-order valence-electron chi connectivity index (χ3n) is 3.53. The molecule has 3 rings (SSSR count). The van der Waals surface area contributed by atoms with Gasteiger partial charge in [-0.25, -0.2) is 4.98 Å².